The zero-order valence-corrected chi connectivity index (χ0v) is 28.8. The molecule has 1 aliphatic carbocycles. The average molecular weight is 735 g/mol. The highest BCUT2D eigenvalue weighted by Gasteiger charge is 2.45. The number of rotatable bonds is 16. The second kappa shape index (κ2) is 17.2. The molecule has 18 heteroatoms. The average Bonchev–Trinajstić information content (AvgIpc) is 3.89. The Morgan fingerprint density at radius 1 is 0.882 bits per heavy atom. The van der Waals surface area contributed by atoms with E-state index in [9.17, 15) is 32.3 Å². The Kier molecular flexibility index (Phi) is 13.0. The van der Waals surface area contributed by atoms with Crippen LogP contribution in [0.15, 0.2) is 48.5 Å². The molecule has 51 heavy (non-hydrogen) atoms. The van der Waals surface area contributed by atoms with Crippen LogP contribution in [0.3, 0.4) is 0 Å². The second-order valence-corrected chi connectivity index (χ2v) is 12.2. The lowest BCUT2D eigenvalue weighted by molar-refractivity contribution is -0.154. The highest BCUT2D eigenvalue weighted by atomic mass is 35.5. The number of methoxy groups -OCH3 is 1. The van der Waals surface area contributed by atoms with Crippen molar-refractivity contribution < 1.29 is 41.8 Å². The number of aromatic nitrogens is 3. The Hall–Kier alpha value is -5.19. The molecule has 0 radical (unpaired) electrons. The summed E-state index contributed by atoms with van der Waals surface area (Å²) in [7, 11) is 1.11. The van der Waals surface area contributed by atoms with Crippen LogP contribution in [-0.2, 0) is 24.7 Å². The molecule has 1 heterocycles. The minimum absolute atomic E-state index is 0.0299. The first-order valence-corrected chi connectivity index (χ1v) is 16.4. The van der Waals surface area contributed by atoms with E-state index < -0.39 is 60.6 Å². The number of benzene rings is 2. The Morgan fingerprint density at radius 3 is 2.06 bits per heavy atom. The Bertz CT molecular complexity index is 1690. The van der Waals surface area contributed by atoms with Crippen molar-refractivity contribution in [3.8, 4) is 6.01 Å². The summed E-state index contributed by atoms with van der Waals surface area (Å²) in [5.41, 5.74) is 0.794. The van der Waals surface area contributed by atoms with Gasteiger partial charge in [0.25, 0.3) is 5.91 Å². The van der Waals surface area contributed by atoms with Gasteiger partial charge in [-0.2, -0.15) is 28.1 Å². The number of carbonyl (C=O) groups is 4. The third-order valence-electron chi connectivity index (χ3n) is 8.05. The zero-order chi connectivity index (χ0) is 37.2. The van der Waals surface area contributed by atoms with Gasteiger partial charge in [0.05, 0.1) is 12.6 Å². The normalized spacial score (nSPS) is 13.8. The van der Waals surface area contributed by atoms with Crippen LogP contribution in [0.1, 0.15) is 55.5 Å². The zero-order valence-electron chi connectivity index (χ0n) is 28.0. The number of alkyl halides is 3. The first kappa shape index (κ1) is 38.6. The van der Waals surface area contributed by atoms with Gasteiger partial charge in [0.15, 0.2) is 6.61 Å². The molecule has 0 saturated heterocycles. The summed E-state index contributed by atoms with van der Waals surface area (Å²) >= 11 is 6.02. The minimum Gasteiger partial charge on any atom is -0.467 e. The van der Waals surface area contributed by atoms with Crippen molar-refractivity contribution >= 4 is 52.9 Å². The number of halogens is 4. The standard InChI is InChI=1S/C33H38ClF3N8O6/c1-4-19(5-2)16-38-26(47)27(48)39-17-24(28(49)50-3)41-25(46)20-6-12-23(13-7-20)40-29-42-30(44-31(43-29)51-18-33(35,36)37)45-32(14-15-32)21-8-10-22(34)11-9-21/h6-13,19,24H,4-5,14-18H2,1-3H3,(H,38,47)(H,39,48)(H,41,46)(H2,40,42,43,44,45)/t24-/m0/s1. The lowest BCUT2D eigenvalue weighted by Gasteiger charge is -2.19. The number of esters is 1. The molecule has 1 saturated carbocycles. The Balaban J connectivity index is 1.42. The maximum atomic E-state index is 13.0. The lowest BCUT2D eigenvalue weighted by atomic mass is 10.0. The van der Waals surface area contributed by atoms with Crippen LogP contribution in [0.25, 0.3) is 0 Å². The van der Waals surface area contributed by atoms with Gasteiger partial charge >= 0.3 is 30.0 Å². The summed E-state index contributed by atoms with van der Waals surface area (Å²) in [5, 5.41) is 13.9. The summed E-state index contributed by atoms with van der Waals surface area (Å²) < 4.78 is 48.3. The number of nitrogens with zero attached hydrogens (tertiary/aromatic N) is 3. The molecule has 3 aromatic rings. The molecular formula is C33H38ClF3N8O6. The predicted octanol–water partition coefficient (Wildman–Crippen LogP) is 4.25. The first-order chi connectivity index (χ1) is 24.2. The van der Waals surface area contributed by atoms with E-state index in [1.807, 2.05) is 26.0 Å². The number of ether oxygens (including phenoxy) is 2. The molecule has 2 aromatic carbocycles. The highest BCUT2D eigenvalue weighted by molar-refractivity contribution is 6.35. The topological polar surface area (TPSA) is 186 Å². The van der Waals surface area contributed by atoms with Gasteiger partial charge in [-0.1, -0.05) is 50.4 Å². The highest BCUT2D eigenvalue weighted by Crippen LogP contribution is 2.48. The molecule has 4 rings (SSSR count). The van der Waals surface area contributed by atoms with Crippen molar-refractivity contribution in [1.29, 1.82) is 0 Å². The van der Waals surface area contributed by atoms with E-state index in [1.54, 1.807) is 12.1 Å². The number of hydrogen-bond acceptors (Lipinski definition) is 11. The smallest absolute Gasteiger partial charge is 0.422 e. The van der Waals surface area contributed by atoms with Crippen LogP contribution < -0.4 is 31.3 Å². The van der Waals surface area contributed by atoms with Gasteiger partial charge in [-0.05, 0) is 60.7 Å². The van der Waals surface area contributed by atoms with Crippen molar-refractivity contribution in [1.82, 2.24) is 30.9 Å². The molecule has 1 fully saturated rings. The fourth-order valence-corrected chi connectivity index (χ4v) is 4.98. The van der Waals surface area contributed by atoms with Gasteiger partial charge in [-0.25, -0.2) is 4.79 Å². The summed E-state index contributed by atoms with van der Waals surface area (Å²) in [6.45, 7) is 2.24. The third-order valence-corrected chi connectivity index (χ3v) is 8.30. The Morgan fingerprint density at radius 2 is 1.49 bits per heavy atom. The molecule has 0 bridgehead atoms. The van der Waals surface area contributed by atoms with Crippen molar-refractivity contribution in [3.05, 3.63) is 64.7 Å². The maximum absolute atomic E-state index is 13.0. The van der Waals surface area contributed by atoms with Gasteiger partial charge in [-0.15, -0.1) is 0 Å². The molecule has 0 spiro atoms. The van der Waals surface area contributed by atoms with Gasteiger partial charge in [0.1, 0.15) is 6.04 Å². The van der Waals surface area contributed by atoms with Crippen LogP contribution in [0, 0.1) is 5.92 Å². The van der Waals surface area contributed by atoms with Crippen molar-refractivity contribution in [2.75, 3.05) is 37.4 Å². The van der Waals surface area contributed by atoms with Crippen molar-refractivity contribution in [2.45, 2.75) is 57.3 Å². The van der Waals surface area contributed by atoms with Gasteiger partial charge in [0, 0.05) is 29.4 Å². The summed E-state index contributed by atoms with van der Waals surface area (Å²) in [6.07, 6.45) is -1.55. The quantitative estimate of drug-likeness (QED) is 0.105. The fraction of sp³-hybridized carbons (Fsp3) is 0.424. The molecule has 5 N–H and O–H groups in total. The van der Waals surface area contributed by atoms with Crippen LogP contribution in [0.5, 0.6) is 6.01 Å². The summed E-state index contributed by atoms with van der Waals surface area (Å²) in [4.78, 5) is 62.1. The molecule has 1 aliphatic rings. The molecule has 274 valence electrons. The van der Waals surface area contributed by atoms with Crippen molar-refractivity contribution in [2.24, 2.45) is 5.92 Å². The first-order valence-electron chi connectivity index (χ1n) is 16.1. The van der Waals surface area contributed by atoms with Crippen LogP contribution >= 0.6 is 11.6 Å². The van der Waals surface area contributed by atoms with Gasteiger partial charge in [-0.3, -0.25) is 14.4 Å². The summed E-state index contributed by atoms with van der Waals surface area (Å²) in [6, 6.07) is 11.0. The van der Waals surface area contributed by atoms with E-state index in [0.717, 1.165) is 25.5 Å². The maximum Gasteiger partial charge on any atom is 0.422 e. The monoisotopic (exact) mass is 734 g/mol. The van der Waals surface area contributed by atoms with E-state index >= 15 is 0 Å². The number of carbonyl (C=O) groups excluding carboxylic acids is 4. The van der Waals surface area contributed by atoms with E-state index in [1.165, 1.54) is 24.3 Å². The molecule has 1 atom stereocenters. The number of nitrogens with one attached hydrogen (secondary N) is 5. The summed E-state index contributed by atoms with van der Waals surface area (Å²) in [5.74, 6) is -3.35. The molecular weight excluding hydrogens is 697 g/mol. The predicted molar refractivity (Wildman–Crippen MR) is 180 cm³/mol. The minimum atomic E-state index is -4.63. The van der Waals surface area contributed by atoms with E-state index in [2.05, 4.69) is 41.5 Å². The van der Waals surface area contributed by atoms with Crippen molar-refractivity contribution in [3.63, 3.8) is 0 Å². The lowest BCUT2D eigenvalue weighted by Crippen LogP contribution is -2.51. The molecule has 0 unspecified atom stereocenters. The fourth-order valence-electron chi connectivity index (χ4n) is 4.85. The SMILES string of the molecule is CCC(CC)CNC(=O)C(=O)NC[C@H](NC(=O)c1ccc(Nc2nc(NC3(c4ccc(Cl)cc4)CC3)nc(OCC(F)(F)F)n2)cc1)C(=O)OC. The van der Waals surface area contributed by atoms with Crippen LogP contribution in [0.2, 0.25) is 5.02 Å². The van der Waals surface area contributed by atoms with Gasteiger partial charge in [0.2, 0.25) is 11.9 Å². The van der Waals surface area contributed by atoms with Crippen LogP contribution in [0.4, 0.5) is 30.8 Å². The van der Waals surface area contributed by atoms with E-state index in [4.69, 9.17) is 21.1 Å². The molecule has 0 aliphatic heterocycles. The molecule has 3 amide bonds. The molecule has 1 aromatic heterocycles. The van der Waals surface area contributed by atoms with Crippen LogP contribution in [-0.4, -0.2) is 77.7 Å². The second-order valence-electron chi connectivity index (χ2n) is 11.7. The van der Waals surface area contributed by atoms with E-state index in [0.29, 0.717) is 30.1 Å². The number of amides is 3. The third kappa shape index (κ3) is 11.4. The molecule has 14 nitrogen and oxygen atoms in total. The Labute approximate surface area is 296 Å². The largest absolute Gasteiger partial charge is 0.467 e. The van der Waals surface area contributed by atoms with E-state index in [-0.39, 0.29) is 23.4 Å². The van der Waals surface area contributed by atoms with Gasteiger partial charge < -0.3 is 36.1 Å². The number of anilines is 3. The number of hydrogen-bond donors (Lipinski definition) is 5.